The van der Waals surface area contributed by atoms with E-state index in [1.54, 1.807) is 24.3 Å². The molecule has 1 unspecified atom stereocenters. The monoisotopic (exact) mass is 392 g/mol. The van der Waals surface area contributed by atoms with Crippen LogP contribution in [-0.4, -0.2) is 54.8 Å². The van der Waals surface area contributed by atoms with Crippen LogP contribution in [0.3, 0.4) is 0 Å². The number of hydrogen-bond donors (Lipinski definition) is 2. The molecule has 27 heavy (non-hydrogen) atoms. The number of aliphatic hydroxyl groups excluding tert-OH is 1. The molecule has 2 rings (SSSR count). The number of benzene rings is 2. The summed E-state index contributed by atoms with van der Waals surface area (Å²) in [6, 6.07) is 10.9. The Hall–Kier alpha value is -2.71. The van der Waals surface area contributed by atoms with Crippen LogP contribution in [0.5, 0.6) is 11.5 Å². The number of phenols is 1. The van der Waals surface area contributed by atoms with Gasteiger partial charge in [-0.1, -0.05) is 0 Å². The van der Waals surface area contributed by atoms with E-state index in [2.05, 4.69) is 9.47 Å². The molecule has 0 saturated heterocycles. The fourth-order valence-electron chi connectivity index (χ4n) is 2.16. The number of methoxy groups -OCH3 is 2. The summed E-state index contributed by atoms with van der Waals surface area (Å²) in [5.41, 5.74) is 0.0925. The minimum atomic E-state index is -0.759. The molecule has 0 aliphatic heterocycles. The Morgan fingerprint density at radius 2 is 1.63 bits per heavy atom. The zero-order valence-electron chi connectivity index (χ0n) is 14.9. The van der Waals surface area contributed by atoms with Crippen LogP contribution in [0.25, 0.3) is 0 Å². The molecule has 0 bridgehead atoms. The normalized spacial score (nSPS) is 11.5. The molecule has 7 nitrogen and oxygen atoms in total. The second-order valence-electron chi connectivity index (χ2n) is 5.46. The maximum Gasteiger partial charge on any atom is 0.338 e. The highest BCUT2D eigenvalue weighted by Crippen LogP contribution is 2.23. The standard InChI is InChI=1S/C19H20O7S/c1-24-18(22)16-8-5-14(9-17(16)19(23)25-2)26-10-13(21)11-27-15-6-3-12(20)4-7-15/h3-9,13,20-21H,10-11H2,1-2H3. The zero-order chi connectivity index (χ0) is 19.8. The number of esters is 2. The molecule has 0 spiro atoms. The summed E-state index contributed by atoms with van der Waals surface area (Å²) in [5.74, 6) is -0.470. The summed E-state index contributed by atoms with van der Waals surface area (Å²) in [4.78, 5) is 24.5. The summed E-state index contributed by atoms with van der Waals surface area (Å²) in [5, 5.41) is 19.3. The van der Waals surface area contributed by atoms with E-state index in [4.69, 9.17) is 4.74 Å². The number of rotatable bonds is 8. The fourth-order valence-corrected chi connectivity index (χ4v) is 2.96. The second-order valence-corrected chi connectivity index (χ2v) is 6.55. The SMILES string of the molecule is COC(=O)c1ccc(OCC(O)CSc2ccc(O)cc2)cc1C(=O)OC. The van der Waals surface area contributed by atoms with Gasteiger partial charge in [-0.15, -0.1) is 11.8 Å². The maximum absolute atomic E-state index is 11.9. The quantitative estimate of drug-likeness (QED) is 0.522. The average molecular weight is 392 g/mol. The molecule has 0 amide bonds. The minimum Gasteiger partial charge on any atom is -0.508 e. The lowest BCUT2D eigenvalue weighted by molar-refractivity contribution is 0.0554. The number of aliphatic hydroxyl groups is 1. The highest BCUT2D eigenvalue weighted by Gasteiger charge is 2.19. The highest BCUT2D eigenvalue weighted by molar-refractivity contribution is 7.99. The molecule has 0 heterocycles. The Labute approximate surface area is 160 Å². The third-order valence-electron chi connectivity index (χ3n) is 3.52. The van der Waals surface area contributed by atoms with E-state index in [0.29, 0.717) is 11.5 Å². The van der Waals surface area contributed by atoms with Crippen LogP contribution in [0.15, 0.2) is 47.4 Å². The fraction of sp³-hybridized carbons (Fsp3) is 0.263. The summed E-state index contributed by atoms with van der Waals surface area (Å²) < 4.78 is 14.8. The van der Waals surface area contributed by atoms with Crippen molar-refractivity contribution in [3.8, 4) is 11.5 Å². The third-order valence-corrected chi connectivity index (χ3v) is 4.68. The van der Waals surface area contributed by atoms with Gasteiger partial charge in [0, 0.05) is 10.6 Å². The van der Waals surface area contributed by atoms with Crippen LogP contribution < -0.4 is 4.74 Å². The molecule has 8 heteroatoms. The van der Waals surface area contributed by atoms with E-state index in [1.165, 1.54) is 44.2 Å². The summed E-state index contributed by atoms with van der Waals surface area (Å²) in [6.07, 6.45) is -0.759. The largest absolute Gasteiger partial charge is 0.508 e. The van der Waals surface area contributed by atoms with Gasteiger partial charge >= 0.3 is 11.9 Å². The maximum atomic E-state index is 11.9. The predicted molar refractivity (Wildman–Crippen MR) is 99.5 cm³/mol. The van der Waals surface area contributed by atoms with Crippen molar-refractivity contribution in [1.82, 2.24) is 0 Å². The number of aromatic hydroxyl groups is 1. The number of carbonyl (C=O) groups excluding carboxylic acids is 2. The molecule has 1 atom stereocenters. The van der Waals surface area contributed by atoms with Crippen LogP contribution in [0, 0.1) is 0 Å². The number of hydrogen-bond acceptors (Lipinski definition) is 8. The first-order chi connectivity index (χ1) is 12.9. The lowest BCUT2D eigenvalue weighted by Crippen LogP contribution is -2.20. The van der Waals surface area contributed by atoms with Crippen LogP contribution in [0.1, 0.15) is 20.7 Å². The van der Waals surface area contributed by atoms with E-state index in [9.17, 15) is 19.8 Å². The Kier molecular flexibility index (Phi) is 7.51. The van der Waals surface area contributed by atoms with Gasteiger partial charge in [0.15, 0.2) is 0 Å². The lowest BCUT2D eigenvalue weighted by Gasteiger charge is -2.14. The molecule has 2 aromatic carbocycles. The van der Waals surface area contributed by atoms with Crippen LogP contribution >= 0.6 is 11.8 Å². The zero-order valence-corrected chi connectivity index (χ0v) is 15.7. The smallest absolute Gasteiger partial charge is 0.338 e. The van der Waals surface area contributed by atoms with Gasteiger partial charge in [0.25, 0.3) is 0 Å². The van der Waals surface area contributed by atoms with Crippen molar-refractivity contribution in [2.75, 3.05) is 26.6 Å². The lowest BCUT2D eigenvalue weighted by atomic mass is 10.1. The Morgan fingerprint density at radius 3 is 2.26 bits per heavy atom. The second kappa shape index (κ2) is 9.84. The van der Waals surface area contributed by atoms with Crippen molar-refractivity contribution in [3.05, 3.63) is 53.6 Å². The highest BCUT2D eigenvalue weighted by atomic mass is 32.2. The first-order valence-electron chi connectivity index (χ1n) is 7.98. The topological polar surface area (TPSA) is 102 Å². The molecule has 0 fully saturated rings. The Balaban J connectivity index is 1.97. The van der Waals surface area contributed by atoms with Gasteiger partial charge in [-0.25, -0.2) is 9.59 Å². The van der Waals surface area contributed by atoms with E-state index >= 15 is 0 Å². The van der Waals surface area contributed by atoms with Crippen molar-refractivity contribution in [1.29, 1.82) is 0 Å². The molecule has 0 radical (unpaired) electrons. The van der Waals surface area contributed by atoms with Gasteiger partial charge in [-0.3, -0.25) is 0 Å². The van der Waals surface area contributed by atoms with E-state index < -0.39 is 18.0 Å². The Morgan fingerprint density at radius 1 is 1.00 bits per heavy atom. The third kappa shape index (κ3) is 5.90. The van der Waals surface area contributed by atoms with Crippen molar-refractivity contribution in [2.24, 2.45) is 0 Å². The van der Waals surface area contributed by atoms with Crippen molar-refractivity contribution < 1.29 is 34.0 Å². The minimum absolute atomic E-state index is 0.00324. The van der Waals surface area contributed by atoms with Gasteiger partial charge < -0.3 is 24.4 Å². The molecule has 144 valence electrons. The molecular formula is C19H20O7S. The van der Waals surface area contributed by atoms with Gasteiger partial charge in [0.05, 0.1) is 31.5 Å². The van der Waals surface area contributed by atoms with Crippen molar-refractivity contribution >= 4 is 23.7 Å². The first kappa shape index (κ1) is 20.6. The molecule has 0 aliphatic rings. The number of ether oxygens (including phenoxy) is 3. The van der Waals surface area contributed by atoms with E-state index in [-0.39, 0.29) is 23.5 Å². The van der Waals surface area contributed by atoms with Gasteiger partial charge in [-0.05, 0) is 42.5 Å². The summed E-state index contributed by atoms with van der Waals surface area (Å²) >= 11 is 1.42. The predicted octanol–water partition coefficient (Wildman–Crippen LogP) is 2.50. The van der Waals surface area contributed by atoms with E-state index in [0.717, 1.165) is 4.90 Å². The average Bonchev–Trinajstić information content (AvgIpc) is 2.70. The van der Waals surface area contributed by atoms with Gasteiger partial charge in [0.1, 0.15) is 18.1 Å². The molecule has 2 aromatic rings. The molecule has 0 aliphatic carbocycles. The molecule has 0 saturated carbocycles. The summed E-state index contributed by atoms with van der Waals surface area (Å²) in [7, 11) is 2.43. The molecule has 2 N–H and O–H groups in total. The number of carbonyl (C=O) groups is 2. The van der Waals surface area contributed by atoms with Gasteiger partial charge in [0.2, 0.25) is 0 Å². The van der Waals surface area contributed by atoms with Crippen LogP contribution in [-0.2, 0) is 9.47 Å². The van der Waals surface area contributed by atoms with Crippen molar-refractivity contribution in [3.63, 3.8) is 0 Å². The molecular weight excluding hydrogens is 372 g/mol. The van der Waals surface area contributed by atoms with Crippen LogP contribution in [0.4, 0.5) is 0 Å². The first-order valence-corrected chi connectivity index (χ1v) is 8.96. The van der Waals surface area contributed by atoms with E-state index in [1.807, 2.05) is 0 Å². The number of thioether (sulfide) groups is 1. The van der Waals surface area contributed by atoms with Crippen LogP contribution in [0.2, 0.25) is 0 Å². The van der Waals surface area contributed by atoms with Crippen molar-refractivity contribution in [2.45, 2.75) is 11.0 Å². The Bertz CT molecular complexity index is 789. The molecule has 0 aromatic heterocycles. The number of phenolic OH excluding ortho intramolecular Hbond substituents is 1. The summed E-state index contributed by atoms with van der Waals surface area (Å²) in [6.45, 7) is 0.00324. The van der Waals surface area contributed by atoms with Gasteiger partial charge in [-0.2, -0.15) is 0 Å².